The topological polar surface area (TPSA) is 44.5 Å². The van der Waals surface area contributed by atoms with Crippen molar-refractivity contribution in [3.05, 3.63) is 24.0 Å². The second kappa shape index (κ2) is 3.72. The molecule has 2 N–H and O–H groups in total. The van der Waals surface area contributed by atoms with Gasteiger partial charge in [-0.05, 0) is 45.3 Å². The molecular weight excluding hydrogens is 220 g/mol. The third kappa shape index (κ3) is 2.05. The molecule has 1 aromatic rings. The van der Waals surface area contributed by atoms with Crippen molar-refractivity contribution in [1.82, 2.24) is 0 Å². The van der Waals surface area contributed by atoms with Crippen LogP contribution in [0.1, 0.15) is 29.1 Å². The maximum atomic E-state index is 13.5. The predicted octanol–water partition coefficient (Wildman–Crippen LogP) is 1.71. The summed E-state index contributed by atoms with van der Waals surface area (Å²) in [5.41, 5.74) is 4.76. The monoisotopic (exact) mass is 238 g/mol. The largest absolute Gasteiger partial charge is 0.494 e. The van der Waals surface area contributed by atoms with Crippen LogP contribution in [0.3, 0.4) is 0 Å². The maximum absolute atomic E-state index is 13.5. The van der Waals surface area contributed by atoms with Gasteiger partial charge in [0.25, 0.3) is 0 Å². The summed E-state index contributed by atoms with van der Waals surface area (Å²) >= 11 is 0. The van der Waals surface area contributed by atoms with Gasteiger partial charge in [0.15, 0.2) is 0 Å². The molecule has 0 aromatic heterocycles. The van der Waals surface area contributed by atoms with Gasteiger partial charge in [0.05, 0.1) is 18.3 Å². The zero-order chi connectivity index (χ0) is 13.7. The molecule has 0 radical (unpaired) electrons. The van der Waals surface area contributed by atoms with E-state index in [1.807, 2.05) is 27.7 Å². The molecule has 0 unspecified atom stereocenters. The molecule has 1 heterocycles. The summed E-state index contributed by atoms with van der Waals surface area (Å²) in [6.07, 6.45) is 0. The first-order valence-electron chi connectivity index (χ1n) is 6.05. The van der Waals surface area contributed by atoms with Gasteiger partial charge in [-0.25, -0.2) is 4.39 Å². The highest BCUT2D eigenvalue weighted by molar-refractivity contribution is 6.62. The van der Waals surface area contributed by atoms with Crippen LogP contribution in [0.15, 0.2) is 18.2 Å². The lowest BCUT2D eigenvalue weighted by Gasteiger charge is -2.32. The number of nitrogen functional groups attached to an aromatic ring is 1. The summed E-state index contributed by atoms with van der Waals surface area (Å²) in [6, 6.07) is 2.68. The Balaban J connectivity index is 2.36. The van der Waals surface area contributed by atoms with E-state index in [0.717, 1.165) is 0 Å². The highest BCUT2D eigenvalue weighted by Gasteiger charge is 2.51. The average Bonchev–Trinajstić information content (AvgIpc) is 2.44. The van der Waals surface area contributed by atoms with Crippen LogP contribution in [0.4, 0.5) is 10.1 Å². The minimum Gasteiger partial charge on any atom is -0.399 e. The highest BCUT2D eigenvalue weighted by Crippen LogP contribution is 2.36. The van der Waals surface area contributed by atoms with E-state index in [1.165, 1.54) is 12.1 Å². The molecule has 2 rings (SSSR count). The van der Waals surface area contributed by atoms with Crippen molar-refractivity contribution in [2.24, 2.45) is 0 Å². The number of hydrogen-bond donors (Lipinski definition) is 1. The standard InChI is InChI=1S/C12H17BFNO2/c1-11(2)12(3,4)17-13(16-11)8-5-6-10(15)9(14)7-8/h5-7H,15H2,1-4H3/i6D. The Morgan fingerprint density at radius 1 is 1.29 bits per heavy atom. The van der Waals surface area contributed by atoms with Gasteiger partial charge in [0.1, 0.15) is 5.82 Å². The molecule has 17 heavy (non-hydrogen) atoms. The van der Waals surface area contributed by atoms with E-state index in [-0.39, 0.29) is 11.7 Å². The molecule has 1 fully saturated rings. The molecule has 0 atom stereocenters. The fraction of sp³-hybridized carbons (Fsp3) is 0.500. The van der Waals surface area contributed by atoms with E-state index in [2.05, 4.69) is 0 Å². The van der Waals surface area contributed by atoms with Crippen LogP contribution in [-0.2, 0) is 9.31 Å². The van der Waals surface area contributed by atoms with Gasteiger partial charge in [-0.3, -0.25) is 0 Å². The Morgan fingerprint density at radius 2 is 1.82 bits per heavy atom. The van der Waals surface area contributed by atoms with E-state index in [9.17, 15) is 4.39 Å². The Kier molecular flexibility index (Phi) is 2.42. The van der Waals surface area contributed by atoms with Crippen LogP contribution >= 0.6 is 0 Å². The van der Waals surface area contributed by atoms with Crippen LogP contribution in [0.25, 0.3) is 0 Å². The van der Waals surface area contributed by atoms with Gasteiger partial charge in [0, 0.05) is 0 Å². The molecule has 1 aliphatic heterocycles. The van der Waals surface area contributed by atoms with E-state index >= 15 is 0 Å². The van der Waals surface area contributed by atoms with Gasteiger partial charge in [-0.1, -0.05) is 6.07 Å². The second-order valence-electron chi connectivity index (χ2n) is 5.28. The van der Waals surface area contributed by atoms with Gasteiger partial charge < -0.3 is 15.0 Å². The molecule has 0 amide bonds. The van der Waals surface area contributed by atoms with Gasteiger partial charge in [-0.15, -0.1) is 0 Å². The van der Waals surface area contributed by atoms with E-state index < -0.39 is 24.1 Å². The molecule has 0 bridgehead atoms. The van der Waals surface area contributed by atoms with Crippen molar-refractivity contribution in [2.45, 2.75) is 38.9 Å². The Bertz CT molecular complexity index is 454. The lowest BCUT2D eigenvalue weighted by Crippen LogP contribution is -2.41. The summed E-state index contributed by atoms with van der Waals surface area (Å²) in [6.45, 7) is 7.68. The average molecular weight is 238 g/mol. The summed E-state index contributed by atoms with van der Waals surface area (Å²) in [5.74, 6) is -0.618. The quantitative estimate of drug-likeness (QED) is 0.598. The molecule has 0 spiro atoms. The first-order chi connectivity index (χ1) is 8.14. The summed E-state index contributed by atoms with van der Waals surface area (Å²) in [5, 5.41) is 0. The first kappa shape index (κ1) is 11.0. The predicted molar refractivity (Wildman–Crippen MR) is 66.5 cm³/mol. The van der Waals surface area contributed by atoms with E-state index in [0.29, 0.717) is 5.46 Å². The molecule has 0 saturated carbocycles. The summed E-state index contributed by atoms with van der Waals surface area (Å²) in [7, 11) is -0.672. The number of nitrogens with two attached hydrogens (primary N) is 1. The number of halogens is 1. The Morgan fingerprint density at radius 3 is 2.29 bits per heavy atom. The molecule has 1 saturated heterocycles. The number of hydrogen-bond acceptors (Lipinski definition) is 3. The van der Waals surface area contributed by atoms with Crippen LogP contribution in [0.2, 0.25) is 0 Å². The zero-order valence-electron chi connectivity index (χ0n) is 11.5. The summed E-state index contributed by atoms with van der Waals surface area (Å²) < 4.78 is 32.7. The molecule has 5 heteroatoms. The van der Waals surface area contributed by atoms with E-state index in [1.54, 1.807) is 0 Å². The number of benzene rings is 1. The fourth-order valence-electron chi connectivity index (χ4n) is 1.61. The SMILES string of the molecule is [2H]c1cc(B2OC(C)(C)C(C)(C)O2)cc(F)c1N. The molecule has 1 aromatic carbocycles. The minimum atomic E-state index is -0.672. The zero-order valence-corrected chi connectivity index (χ0v) is 10.5. The van der Waals surface area contributed by atoms with Crippen molar-refractivity contribution < 1.29 is 15.1 Å². The van der Waals surface area contributed by atoms with Crippen molar-refractivity contribution in [3.63, 3.8) is 0 Å². The first-order valence-corrected chi connectivity index (χ1v) is 5.55. The van der Waals surface area contributed by atoms with Crippen LogP contribution in [-0.4, -0.2) is 18.3 Å². The Hall–Kier alpha value is -1.07. The van der Waals surface area contributed by atoms with Crippen LogP contribution in [0.5, 0.6) is 0 Å². The van der Waals surface area contributed by atoms with E-state index in [4.69, 9.17) is 16.4 Å². The van der Waals surface area contributed by atoms with Crippen molar-refractivity contribution in [2.75, 3.05) is 5.73 Å². The fourth-order valence-corrected chi connectivity index (χ4v) is 1.61. The van der Waals surface area contributed by atoms with Gasteiger partial charge >= 0.3 is 7.12 Å². The lowest BCUT2D eigenvalue weighted by atomic mass is 9.79. The van der Waals surface area contributed by atoms with Crippen molar-refractivity contribution in [1.29, 1.82) is 0 Å². The van der Waals surface area contributed by atoms with Crippen molar-refractivity contribution >= 4 is 18.3 Å². The van der Waals surface area contributed by atoms with Gasteiger partial charge in [-0.2, -0.15) is 0 Å². The molecule has 1 aliphatic rings. The molecule has 92 valence electrons. The minimum absolute atomic E-state index is 0.0558. The number of rotatable bonds is 1. The molecular formula is C12H17BFNO2. The smallest absolute Gasteiger partial charge is 0.399 e. The highest BCUT2D eigenvalue weighted by atomic mass is 19.1. The lowest BCUT2D eigenvalue weighted by molar-refractivity contribution is 0.00578. The molecule has 3 nitrogen and oxygen atoms in total. The van der Waals surface area contributed by atoms with Gasteiger partial charge in [0.2, 0.25) is 0 Å². The van der Waals surface area contributed by atoms with Crippen LogP contribution < -0.4 is 11.2 Å². The maximum Gasteiger partial charge on any atom is 0.494 e. The third-order valence-corrected chi connectivity index (χ3v) is 3.47. The third-order valence-electron chi connectivity index (χ3n) is 3.47. The number of anilines is 1. The molecule has 0 aliphatic carbocycles. The Labute approximate surface area is 103 Å². The normalized spacial score (nSPS) is 22.6. The van der Waals surface area contributed by atoms with Crippen LogP contribution in [0, 0.1) is 5.82 Å². The van der Waals surface area contributed by atoms with Crippen molar-refractivity contribution in [3.8, 4) is 0 Å². The summed E-state index contributed by atoms with van der Waals surface area (Å²) in [4.78, 5) is 0. The second-order valence-corrected chi connectivity index (χ2v) is 5.28.